The Morgan fingerprint density at radius 3 is 0.934 bits per heavy atom. The summed E-state index contributed by atoms with van der Waals surface area (Å²) in [6.07, 6.45) is 31.6. The highest BCUT2D eigenvalue weighted by molar-refractivity contribution is 5.78. The zero-order chi connectivity index (χ0) is 55.0. The lowest BCUT2D eigenvalue weighted by Gasteiger charge is -2.61. The highest BCUT2D eigenvalue weighted by Crippen LogP contribution is 2.68. The van der Waals surface area contributed by atoms with Crippen molar-refractivity contribution in [3.8, 4) is 0 Å². The monoisotopic (exact) mass is 1060 g/mol. The zero-order valence-corrected chi connectivity index (χ0v) is 50.9. The molecule has 434 valence electrons. The van der Waals surface area contributed by atoms with Crippen molar-refractivity contribution < 1.29 is 38.5 Å². The third-order valence-corrected chi connectivity index (χ3v) is 26.0. The smallest absolute Gasteiger partial charge is 0.306 e. The second kappa shape index (κ2) is 24.1. The number of carboxylic acids is 1. The van der Waals surface area contributed by atoms with Crippen LogP contribution >= 0.6 is 0 Å². The van der Waals surface area contributed by atoms with Crippen molar-refractivity contribution in [1.82, 2.24) is 0 Å². The van der Waals surface area contributed by atoms with Crippen LogP contribution in [0.2, 0.25) is 0 Å². The van der Waals surface area contributed by atoms with Gasteiger partial charge in [0.2, 0.25) is 0 Å². The van der Waals surface area contributed by atoms with Gasteiger partial charge < -0.3 is 19.3 Å². The Balaban J connectivity index is 0.000000232. The van der Waals surface area contributed by atoms with E-state index >= 15 is 0 Å². The SMILES string of the molecule is CC(C)C1CCC2C(CCC3C(C)(COC(=O)CCC(=O)O)CCCC23C)C1.CC(C)C1CCC2C(CCC3C(C)(COC(=O)CCC(=O)OCC4(C)CCCC5(C)C6CCC(C(C)C)CC6CCC45)CCCC23C)C1. The molecule has 8 nitrogen and oxygen atoms in total. The molecule has 0 aromatic carbocycles. The second-order valence-electron chi connectivity index (χ2n) is 31.4. The van der Waals surface area contributed by atoms with Gasteiger partial charge in [0.1, 0.15) is 0 Å². The summed E-state index contributed by atoms with van der Waals surface area (Å²) in [6, 6.07) is 0. The quantitative estimate of drug-likeness (QED) is 0.127. The van der Waals surface area contributed by atoms with Gasteiger partial charge in [-0.25, -0.2) is 0 Å². The zero-order valence-electron chi connectivity index (χ0n) is 50.9. The van der Waals surface area contributed by atoms with Crippen LogP contribution < -0.4 is 0 Å². The molecule has 9 rings (SSSR count). The average Bonchev–Trinajstić information content (AvgIpc) is 3.37. The number of esters is 3. The number of carboxylic acid groups (broad SMARTS) is 1. The van der Waals surface area contributed by atoms with E-state index in [2.05, 4.69) is 83.1 Å². The van der Waals surface area contributed by atoms with Crippen LogP contribution in [0.4, 0.5) is 0 Å². The molecule has 9 aliphatic rings. The first-order chi connectivity index (χ1) is 35.8. The molecule has 0 aliphatic heterocycles. The van der Waals surface area contributed by atoms with Crippen molar-refractivity contribution in [2.75, 3.05) is 19.8 Å². The summed E-state index contributed by atoms with van der Waals surface area (Å²) in [5, 5.41) is 8.77. The van der Waals surface area contributed by atoms with E-state index in [4.69, 9.17) is 19.3 Å². The van der Waals surface area contributed by atoms with E-state index in [-0.39, 0.29) is 59.8 Å². The number of fused-ring (bicyclic) bond motifs is 9. The largest absolute Gasteiger partial charge is 0.481 e. The Morgan fingerprint density at radius 2 is 0.671 bits per heavy atom. The van der Waals surface area contributed by atoms with E-state index in [1.165, 1.54) is 135 Å². The van der Waals surface area contributed by atoms with Crippen LogP contribution in [0.3, 0.4) is 0 Å². The van der Waals surface area contributed by atoms with Gasteiger partial charge in [0.15, 0.2) is 0 Å². The van der Waals surface area contributed by atoms with Crippen molar-refractivity contribution in [3.05, 3.63) is 0 Å². The van der Waals surface area contributed by atoms with Crippen LogP contribution in [0.15, 0.2) is 0 Å². The summed E-state index contributed by atoms with van der Waals surface area (Å²) >= 11 is 0. The summed E-state index contributed by atoms with van der Waals surface area (Å²) in [7, 11) is 0. The minimum atomic E-state index is -0.941. The molecule has 76 heavy (non-hydrogen) atoms. The van der Waals surface area contributed by atoms with Crippen molar-refractivity contribution in [2.45, 2.75) is 263 Å². The number of hydrogen-bond donors (Lipinski definition) is 1. The van der Waals surface area contributed by atoms with Crippen LogP contribution in [-0.2, 0) is 33.4 Å². The third kappa shape index (κ3) is 12.5. The highest BCUT2D eigenvalue weighted by atomic mass is 16.5. The van der Waals surface area contributed by atoms with Crippen molar-refractivity contribution >= 4 is 23.9 Å². The fourth-order valence-corrected chi connectivity index (χ4v) is 21.7. The van der Waals surface area contributed by atoms with Gasteiger partial charge in [-0.15, -0.1) is 0 Å². The lowest BCUT2D eigenvalue weighted by Crippen LogP contribution is -2.55. The normalized spacial score (nSPS) is 43.8. The average molecular weight is 1060 g/mol. The lowest BCUT2D eigenvalue weighted by atomic mass is 9.44. The van der Waals surface area contributed by atoms with Gasteiger partial charge in [0.05, 0.1) is 45.5 Å². The van der Waals surface area contributed by atoms with E-state index in [1.807, 2.05) is 0 Å². The van der Waals surface area contributed by atoms with Gasteiger partial charge in [-0.3, -0.25) is 19.2 Å². The molecule has 0 heterocycles. The van der Waals surface area contributed by atoms with E-state index in [0.717, 1.165) is 90.3 Å². The van der Waals surface area contributed by atoms with Crippen LogP contribution in [-0.4, -0.2) is 48.8 Å². The molecule has 9 saturated carbocycles. The standard InChI is InChI=1S/C44H74O4.C24H40O4/c1-29(2)31-11-15-35-33(25-31)13-17-37-41(5,21-9-23-43(35,37)7)27-47-39(45)19-20-40(46)48-28-42(6)22-10-24-44(8)36-16-12-32(30(3)4)26-34(36)14-18-38(42)44;1-16(2)17-6-8-19-18(14-17)7-9-20-23(3,12-5-13-24(19,20)4)15-28-22(27)11-10-21(25)26/h29-38H,9-28H2,1-8H3;16-20H,5-15H2,1-4H3,(H,25,26). The topological polar surface area (TPSA) is 116 Å². The molecule has 0 radical (unpaired) electrons. The van der Waals surface area contributed by atoms with Crippen LogP contribution in [0.5, 0.6) is 0 Å². The predicted octanol–water partition coefficient (Wildman–Crippen LogP) is 17.1. The molecule has 18 atom stereocenters. The first kappa shape index (κ1) is 60.0. The van der Waals surface area contributed by atoms with Gasteiger partial charge in [-0.2, -0.15) is 0 Å². The number of hydrogen-bond acceptors (Lipinski definition) is 7. The Labute approximate surface area is 464 Å². The summed E-state index contributed by atoms with van der Waals surface area (Å²) in [5.74, 6) is 10.3. The van der Waals surface area contributed by atoms with E-state index in [1.54, 1.807) is 0 Å². The maximum absolute atomic E-state index is 13.1. The number of carbonyl (C=O) groups excluding carboxylic acids is 3. The first-order valence-electron chi connectivity index (χ1n) is 32.5. The fourth-order valence-electron chi connectivity index (χ4n) is 21.7. The molecule has 0 saturated heterocycles. The number of ether oxygens (including phenoxy) is 3. The summed E-state index contributed by atoms with van der Waals surface area (Å²) in [6.45, 7) is 30.7. The van der Waals surface area contributed by atoms with Crippen LogP contribution in [0, 0.1) is 121 Å². The molecule has 9 fully saturated rings. The Bertz CT molecular complexity index is 1910. The predicted molar refractivity (Wildman–Crippen MR) is 305 cm³/mol. The fraction of sp³-hybridized carbons (Fsp3) is 0.941. The summed E-state index contributed by atoms with van der Waals surface area (Å²) in [5.41, 5.74) is 1.21. The molecule has 0 aromatic rings. The van der Waals surface area contributed by atoms with Gasteiger partial charge >= 0.3 is 23.9 Å². The van der Waals surface area contributed by atoms with E-state index < -0.39 is 5.97 Å². The number of rotatable bonds is 15. The highest BCUT2D eigenvalue weighted by Gasteiger charge is 2.60. The van der Waals surface area contributed by atoms with E-state index in [9.17, 15) is 19.2 Å². The number of carbonyl (C=O) groups is 4. The van der Waals surface area contributed by atoms with Crippen molar-refractivity contribution in [1.29, 1.82) is 0 Å². The summed E-state index contributed by atoms with van der Waals surface area (Å²) < 4.78 is 17.7. The maximum Gasteiger partial charge on any atom is 0.306 e. The molecular weight excluding hydrogens is 945 g/mol. The summed E-state index contributed by atoms with van der Waals surface area (Å²) in [4.78, 5) is 48.8. The first-order valence-corrected chi connectivity index (χ1v) is 32.5. The Hall–Kier alpha value is -2.12. The maximum atomic E-state index is 13.1. The molecule has 0 aromatic heterocycles. The minimum absolute atomic E-state index is 0.0192. The molecular formula is C68H114O8. The van der Waals surface area contributed by atoms with Crippen molar-refractivity contribution in [3.63, 3.8) is 0 Å². The molecule has 9 aliphatic carbocycles. The molecule has 0 amide bonds. The van der Waals surface area contributed by atoms with Gasteiger partial charge in [0, 0.05) is 16.2 Å². The molecule has 18 unspecified atom stereocenters. The van der Waals surface area contributed by atoms with Crippen LogP contribution in [0.1, 0.15) is 263 Å². The lowest BCUT2D eigenvalue weighted by molar-refractivity contribution is -0.168. The van der Waals surface area contributed by atoms with Gasteiger partial charge in [-0.05, 0) is 240 Å². The van der Waals surface area contributed by atoms with E-state index in [0.29, 0.717) is 53.8 Å². The van der Waals surface area contributed by atoms with Gasteiger partial charge in [-0.1, -0.05) is 102 Å². The van der Waals surface area contributed by atoms with Gasteiger partial charge in [0.25, 0.3) is 0 Å². The Morgan fingerprint density at radius 1 is 0.395 bits per heavy atom. The van der Waals surface area contributed by atoms with Crippen LogP contribution in [0.25, 0.3) is 0 Å². The third-order valence-electron chi connectivity index (χ3n) is 26.0. The Kier molecular flexibility index (Phi) is 19.1. The molecule has 8 heteroatoms. The molecule has 0 spiro atoms. The molecule has 0 bridgehead atoms. The van der Waals surface area contributed by atoms with Crippen molar-refractivity contribution in [2.24, 2.45) is 121 Å². The minimum Gasteiger partial charge on any atom is -0.481 e. The number of aliphatic carboxylic acids is 1. The molecule has 1 N–H and O–H groups in total. The second-order valence-corrected chi connectivity index (χ2v) is 31.4.